The minimum Gasteiger partial charge on any atom is -0.493 e. The molecule has 1 aromatic carbocycles. The Morgan fingerprint density at radius 1 is 1.31 bits per heavy atom. The molecule has 2 rings (SSSR count). The third kappa shape index (κ3) is 5.62. The van der Waals surface area contributed by atoms with Crippen molar-refractivity contribution in [3.63, 3.8) is 0 Å². The van der Waals surface area contributed by atoms with Crippen LogP contribution < -0.4 is 4.74 Å². The van der Waals surface area contributed by atoms with Gasteiger partial charge in [-0.25, -0.2) is 0 Å². The molecular weight excluding hydrogens is 350 g/mol. The molecule has 0 aliphatic heterocycles. The fraction of sp³-hybridized carbons (Fsp3) is 0.421. The SMILES string of the molecule is C=CCn1c(SCC(=O)OCC)nnc1-c1ccc(OCC(C)C)cc1. The van der Waals surface area contributed by atoms with E-state index in [9.17, 15) is 4.79 Å². The summed E-state index contributed by atoms with van der Waals surface area (Å²) in [7, 11) is 0. The van der Waals surface area contributed by atoms with Gasteiger partial charge in [-0.3, -0.25) is 9.36 Å². The Hall–Kier alpha value is -2.28. The molecule has 7 heteroatoms. The zero-order chi connectivity index (χ0) is 18.9. The monoisotopic (exact) mass is 375 g/mol. The van der Waals surface area contributed by atoms with Crippen molar-refractivity contribution >= 4 is 17.7 Å². The fourth-order valence-corrected chi connectivity index (χ4v) is 2.94. The number of thioether (sulfide) groups is 1. The molecule has 0 radical (unpaired) electrons. The van der Waals surface area contributed by atoms with Gasteiger partial charge in [0.25, 0.3) is 0 Å². The van der Waals surface area contributed by atoms with Gasteiger partial charge in [0.2, 0.25) is 0 Å². The van der Waals surface area contributed by atoms with Gasteiger partial charge in [-0.2, -0.15) is 0 Å². The van der Waals surface area contributed by atoms with E-state index < -0.39 is 0 Å². The highest BCUT2D eigenvalue weighted by Crippen LogP contribution is 2.26. The van der Waals surface area contributed by atoms with E-state index in [0.717, 1.165) is 17.1 Å². The number of hydrogen-bond donors (Lipinski definition) is 0. The van der Waals surface area contributed by atoms with Crippen LogP contribution in [0.25, 0.3) is 11.4 Å². The number of nitrogens with zero attached hydrogens (tertiary/aromatic N) is 3. The lowest BCUT2D eigenvalue weighted by Gasteiger charge is -2.10. The van der Waals surface area contributed by atoms with Gasteiger partial charge in [-0.05, 0) is 37.1 Å². The van der Waals surface area contributed by atoms with Crippen LogP contribution in [-0.4, -0.2) is 39.7 Å². The Kier molecular flexibility index (Phi) is 7.72. The molecule has 26 heavy (non-hydrogen) atoms. The van der Waals surface area contributed by atoms with E-state index >= 15 is 0 Å². The van der Waals surface area contributed by atoms with Gasteiger partial charge in [-0.15, -0.1) is 16.8 Å². The van der Waals surface area contributed by atoms with Gasteiger partial charge in [0.1, 0.15) is 5.75 Å². The molecule has 1 heterocycles. The first-order chi connectivity index (χ1) is 12.5. The topological polar surface area (TPSA) is 66.2 Å². The number of hydrogen-bond acceptors (Lipinski definition) is 6. The summed E-state index contributed by atoms with van der Waals surface area (Å²) in [6, 6.07) is 7.77. The Bertz CT molecular complexity index is 726. The van der Waals surface area contributed by atoms with Gasteiger partial charge in [0, 0.05) is 12.1 Å². The second-order valence-electron chi connectivity index (χ2n) is 6.03. The highest BCUT2D eigenvalue weighted by molar-refractivity contribution is 7.99. The molecule has 6 nitrogen and oxygen atoms in total. The summed E-state index contributed by atoms with van der Waals surface area (Å²) < 4.78 is 12.6. The van der Waals surface area contributed by atoms with Crippen molar-refractivity contribution in [3.8, 4) is 17.1 Å². The Morgan fingerprint density at radius 2 is 2.04 bits per heavy atom. The van der Waals surface area contributed by atoms with E-state index in [1.807, 2.05) is 28.8 Å². The van der Waals surface area contributed by atoms with Crippen LogP contribution in [0.5, 0.6) is 5.75 Å². The Morgan fingerprint density at radius 3 is 2.65 bits per heavy atom. The van der Waals surface area contributed by atoms with Gasteiger partial charge >= 0.3 is 5.97 Å². The summed E-state index contributed by atoms with van der Waals surface area (Å²) in [5.41, 5.74) is 0.930. The molecule has 0 atom stereocenters. The van der Waals surface area contributed by atoms with Crippen LogP contribution in [0.15, 0.2) is 42.1 Å². The molecular formula is C19H25N3O3S. The zero-order valence-electron chi connectivity index (χ0n) is 15.5. The quantitative estimate of drug-likeness (QED) is 0.357. The maximum atomic E-state index is 11.6. The van der Waals surface area contributed by atoms with Crippen molar-refractivity contribution in [3.05, 3.63) is 36.9 Å². The summed E-state index contributed by atoms with van der Waals surface area (Å²) in [5.74, 6) is 1.97. The average Bonchev–Trinajstić information content (AvgIpc) is 3.02. The average molecular weight is 375 g/mol. The van der Waals surface area contributed by atoms with E-state index in [-0.39, 0.29) is 11.7 Å². The molecule has 0 saturated carbocycles. The molecule has 0 unspecified atom stereocenters. The Balaban J connectivity index is 2.15. The number of carbonyl (C=O) groups excluding carboxylic acids is 1. The third-order valence-corrected chi connectivity index (χ3v) is 4.29. The minimum absolute atomic E-state index is 0.200. The number of rotatable bonds is 10. The van der Waals surface area contributed by atoms with E-state index in [1.165, 1.54) is 11.8 Å². The number of allylic oxidation sites excluding steroid dienone is 1. The molecule has 0 aliphatic rings. The summed E-state index contributed by atoms with van der Waals surface area (Å²) in [4.78, 5) is 11.6. The molecule has 2 aromatic rings. The van der Waals surface area contributed by atoms with E-state index in [1.54, 1.807) is 13.0 Å². The van der Waals surface area contributed by atoms with Crippen LogP contribution in [0.1, 0.15) is 20.8 Å². The molecule has 0 saturated heterocycles. The second kappa shape index (κ2) is 10.0. The van der Waals surface area contributed by atoms with Gasteiger partial charge in [0.05, 0.1) is 19.0 Å². The van der Waals surface area contributed by atoms with Crippen molar-refractivity contribution in [2.24, 2.45) is 5.92 Å². The molecule has 0 bridgehead atoms. The van der Waals surface area contributed by atoms with Gasteiger partial charge in [0.15, 0.2) is 11.0 Å². The van der Waals surface area contributed by atoms with E-state index in [2.05, 4.69) is 30.6 Å². The summed E-state index contributed by atoms with van der Waals surface area (Å²) in [5, 5.41) is 9.16. The molecule has 0 amide bonds. The first-order valence-corrected chi connectivity index (χ1v) is 9.59. The number of carbonyl (C=O) groups is 1. The fourth-order valence-electron chi connectivity index (χ4n) is 2.19. The van der Waals surface area contributed by atoms with Crippen LogP contribution in [0.3, 0.4) is 0 Å². The van der Waals surface area contributed by atoms with Crippen LogP contribution in [0, 0.1) is 5.92 Å². The first kappa shape index (κ1) is 20.0. The molecule has 0 spiro atoms. The minimum atomic E-state index is -0.265. The summed E-state index contributed by atoms with van der Waals surface area (Å²) in [6.07, 6.45) is 1.78. The van der Waals surface area contributed by atoms with Crippen molar-refractivity contribution in [1.29, 1.82) is 0 Å². The maximum absolute atomic E-state index is 11.6. The standard InChI is InChI=1S/C19H25N3O3S/c1-5-11-22-18(20-21-19(22)26-13-17(23)24-6-2)15-7-9-16(10-8-15)25-12-14(3)4/h5,7-10,14H,1,6,11-13H2,2-4H3. The van der Waals surface area contributed by atoms with Gasteiger partial charge < -0.3 is 9.47 Å². The molecule has 0 N–H and O–H groups in total. The molecule has 0 aliphatic carbocycles. The van der Waals surface area contributed by atoms with Crippen molar-refractivity contribution in [1.82, 2.24) is 14.8 Å². The van der Waals surface area contributed by atoms with Crippen LogP contribution >= 0.6 is 11.8 Å². The summed E-state index contributed by atoms with van der Waals surface area (Å²) >= 11 is 1.31. The lowest BCUT2D eigenvalue weighted by Crippen LogP contribution is -2.08. The number of aromatic nitrogens is 3. The molecule has 1 aromatic heterocycles. The highest BCUT2D eigenvalue weighted by atomic mass is 32.2. The number of ether oxygens (including phenoxy) is 2. The lowest BCUT2D eigenvalue weighted by atomic mass is 10.2. The zero-order valence-corrected chi connectivity index (χ0v) is 16.3. The van der Waals surface area contributed by atoms with Crippen LogP contribution in [0.4, 0.5) is 0 Å². The van der Waals surface area contributed by atoms with E-state index in [4.69, 9.17) is 9.47 Å². The van der Waals surface area contributed by atoms with Crippen LogP contribution in [-0.2, 0) is 16.1 Å². The van der Waals surface area contributed by atoms with Crippen molar-refractivity contribution in [2.45, 2.75) is 32.5 Å². The van der Waals surface area contributed by atoms with E-state index in [0.29, 0.717) is 30.8 Å². The number of benzene rings is 1. The Labute approximate surface area is 158 Å². The smallest absolute Gasteiger partial charge is 0.316 e. The highest BCUT2D eigenvalue weighted by Gasteiger charge is 2.15. The third-order valence-electron chi connectivity index (χ3n) is 3.35. The normalized spacial score (nSPS) is 10.8. The molecule has 0 fully saturated rings. The van der Waals surface area contributed by atoms with Crippen molar-refractivity contribution < 1.29 is 14.3 Å². The second-order valence-corrected chi connectivity index (χ2v) is 6.97. The van der Waals surface area contributed by atoms with Crippen LogP contribution in [0.2, 0.25) is 0 Å². The maximum Gasteiger partial charge on any atom is 0.316 e. The molecule has 140 valence electrons. The van der Waals surface area contributed by atoms with Crippen molar-refractivity contribution in [2.75, 3.05) is 19.0 Å². The largest absolute Gasteiger partial charge is 0.493 e. The first-order valence-electron chi connectivity index (χ1n) is 8.60. The number of esters is 1. The lowest BCUT2D eigenvalue weighted by molar-refractivity contribution is -0.139. The predicted molar refractivity (Wildman–Crippen MR) is 103 cm³/mol. The summed E-state index contributed by atoms with van der Waals surface area (Å²) in [6.45, 7) is 11.4. The predicted octanol–water partition coefficient (Wildman–Crippen LogP) is 3.82. The van der Waals surface area contributed by atoms with Gasteiger partial charge in [-0.1, -0.05) is 31.7 Å².